The van der Waals surface area contributed by atoms with E-state index in [1.54, 1.807) is 16.8 Å². The Morgan fingerprint density at radius 1 is 1.53 bits per heavy atom. The quantitative estimate of drug-likeness (QED) is 0.800. The molecule has 0 amide bonds. The molecule has 1 aromatic rings. The van der Waals surface area contributed by atoms with Crippen molar-refractivity contribution < 1.29 is 8.42 Å². The first-order valence-electron chi connectivity index (χ1n) is 4.85. The van der Waals surface area contributed by atoms with Gasteiger partial charge in [-0.25, -0.2) is 13.1 Å². The predicted molar refractivity (Wildman–Crippen MR) is 60.2 cm³/mol. The van der Waals surface area contributed by atoms with E-state index in [-0.39, 0.29) is 0 Å². The number of thiophene rings is 1. The zero-order valence-electron chi connectivity index (χ0n) is 8.22. The number of nitrogens with two attached hydrogens (primary N) is 1. The van der Waals surface area contributed by atoms with Gasteiger partial charge < -0.3 is 5.73 Å². The van der Waals surface area contributed by atoms with Gasteiger partial charge in [0.05, 0.1) is 4.90 Å². The van der Waals surface area contributed by atoms with Crippen LogP contribution in [0.3, 0.4) is 0 Å². The van der Waals surface area contributed by atoms with Crippen LogP contribution < -0.4 is 10.5 Å². The minimum absolute atomic E-state index is 0.359. The molecule has 6 heteroatoms. The molecular formula is C9H14N2O2S2. The van der Waals surface area contributed by atoms with Crippen LogP contribution in [0, 0.1) is 11.8 Å². The molecular weight excluding hydrogens is 232 g/mol. The fourth-order valence-corrected chi connectivity index (χ4v) is 3.68. The lowest BCUT2D eigenvalue weighted by Crippen LogP contribution is -2.26. The van der Waals surface area contributed by atoms with Gasteiger partial charge in [0.25, 0.3) is 0 Å². The fourth-order valence-electron chi connectivity index (χ4n) is 1.55. The molecule has 0 unspecified atom stereocenters. The first-order valence-corrected chi connectivity index (χ1v) is 7.28. The summed E-state index contributed by atoms with van der Waals surface area (Å²) < 4.78 is 26.0. The molecule has 15 heavy (non-hydrogen) atoms. The average Bonchev–Trinajstić information content (AvgIpc) is 2.73. The van der Waals surface area contributed by atoms with E-state index in [0.29, 0.717) is 29.8 Å². The van der Waals surface area contributed by atoms with E-state index in [1.807, 2.05) is 0 Å². The SMILES string of the molecule is NC[C@@H]1C[C@H]1CNS(=O)(=O)c1ccsc1. The number of hydrogen-bond acceptors (Lipinski definition) is 4. The van der Waals surface area contributed by atoms with Gasteiger partial charge in [-0.15, -0.1) is 0 Å². The molecule has 0 bridgehead atoms. The highest BCUT2D eigenvalue weighted by Gasteiger charge is 2.36. The Balaban J connectivity index is 1.90. The first kappa shape index (κ1) is 11.1. The largest absolute Gasteiger partial charge is 0.330 e. The molecule has 1 aliphatic rings. The second-order valence-electron chi connectivity index (χ2n) is 3.80. The van der Waals surface area contributed by atoms with Crippen molar-refractivity contribution in [3.63, 3.8) is 0 Å². The molecule has 1 aliphatic carbocycles. The highest BCUT2D eigenvalue weighted by atomic mass is 32.2. The molecule has 4 nitrogen and oxygen atoms in total. The molecule has 0 radical (unpaired) electrons. The lowest BCUT2D eigenvalue weighted by atomic mass is 10.3. The fraction of sp³-hybridized carbons (Fsp3) is 0.556. The van der Waals surface area contributed by atoms with Gasteiger partial charge in [0.2, 0.25) is 10.0 Å². The van der Waals surface area contributed by atoms with Crippen molar-refractivity contribution in [1.82, 2.24) is 4.72 Å². The Morgan fingerprint density at radius 3 is 2.87 bits per heavy atom. The molecule has 0 spiro atoms. The maximum absolute atomic E-state index is 11.7. The Labute approximate surface area is 93.5 Å². The van der Waals surface area contributed by atoms with Crippen molar-refractivity contribution in [3.05, 3.63) is 16.8 Å². The van der Waals surface area contributed by atoms with Crippen molar-refractivity contribution in [1.29, 1.82) is 0 Å². The Bertz CT molecular complexity index is 413. The summed E-state index contributed by atoms with van der Waals surface area (Å²) >= 11 is 1.38. The van der Waals surface area contributed by atoms with Gasteiger partial charge in [-0.05, 0) is 36.2 Å². The number of nitrogens with one attached hydrogen (secondary N) is 1. The van der Waals surface area contributed by atoms with Crippen LogP contribution in [0.15, 0.2) is 21.7 Å². The second-order valence-corrected chi connectivity index (χ2v) is 6.35. The molecule has 84 valence electrons. The van der Waals surface area contributed by atoms with Crippen molar-refractivity contribution in [2.24, 2.45) is 17.6 Å². The summed E-state index contributed by atoms with van der Waals surface area (Å²) in [7, 11) is -3.28. The summed E-state index contributed by atoms with van der Waals surface area (Å²) in [5, 5.41) is 3.39. The zero-order chi connectivity index (χ0) is 10.9. The van der Waals surface area contributed by atoms with Crippen LogP contribution >= 0.6 is 11.3 Å². The molecule has 1 fully saturated rings. The third-order valence-corrected chi connectivity index (χ3v) is 4.97. The van der Waals surface area contributed by atoms with Crippen LogP contribution in [-0.2, 0) is 10.0 Å². The van der Waals surface area contributed by atoms with Crippen LogP contribution in [0.1, 0.15) is 6.42 Å². The average molecular weight is 246 g/mol. The molecule has 1 aromatic heterocycles. The topological polar surface area (TPSA) is 72.2 Å². The van der Waals surface area contributed by atoms with Crippen LogP contribution in [0.25, 0.3) is 0 Å². The van der Waals surface area contributed by atoms with E-state index in [9.17, 15) is 8.42 Å². The maximum atomic E-state index is 11.7. The monoisotopic (exact) mass is 246 g/mol. The number of rotatable bonds is 5. The maximum Gasteiger partial charge on any atom is 0.241 e. The van der Waals surface area contributed by atoms with E-state index in [1.165, 1.54) is 11.3 Å². The summed E-state index contributed by atoms with van der Waals surface area (Å²) in [5.41, 5.74) is 5.48. The molecule has 3 N–H and O–H groups in total. The van der Waals surface area contributed by atoms with Gasteiger partial charge >= 0.3 is 0 Å². The van der Waals surface area contributed by atoms with E-state index in [0.717, 1.165) is 6.42 Å². The van der Waals surface area contributed by atoms with Gasteiger partial charge in [-0.1, -0.05) is 0 Å². The Hall–Kier alpha value is -0.430. The normalized spacial score (nSPS) is 25.4. The molecule has 0 saturated heterocycles. The molecule has 0 aliphatic heterocycles. The third-order valence-electron chi connectivity index (χ3n) is 2.71. The molecule has 0 aromatic carbocycles. The van der Waals surface area contributed by atoms with Gasteiger partial charge in [-0.3, -0.25) is 0 Å². The lowest BCUT2D eigenvalue weighted by Gasteiger charge is -2.03. The van der Waals surface area contributed by atoms with Crippen molar-refractivity contribution in [2.75, 3.05) is 13.1 Å². The number of sulfonamides is 1. The Morgan fingerprint density at radius 2 is 2.33 bits per heavy atom. The third kappa shape index (κ3) is 2.57. The number of hydrogen-bond donors (Lipinski definition) is 2. The minimum atomic E-state index is -3.28. The van der Waals surface area contributed by atoms with E-state index >= 15 is 0 Å². The summed E-state index contributed by atoms with van der Waals surface area (Å²) in [6.45, 7) is 1.17. The predicted octanol–water partition coefficient (Wildman–Crippen LogP) is 0.621. The molecule has 2 rings (SSSR count). The minimum Gasteiger partial charge on any atom is -0.330 e. The standard InChI is InChI=1S/C9H14N2O2S2/c10-4-7-3-8(7)5-11-15(12,13)9-1-2-14-6-9/h1-2,6-8,11H,3-5,10H2/t7-,8-/m0/s1. The van der Waals surface area contributed by atoms with Gasteiger partial charge in [0.1, 0.15) is 0 Å². The van der Waals surface area contributed by atoms with Crippen LogP contribution in [0.5, 0.6) is 0 Å². The first-order chi connectivity index (χ1) is 7.13. The molecule has 1 heterocycles. The van der Waals surface area contributed by atoms with Gasteiger partial charge in [-0.2, -0.15) is 11.3 Å². The Kier molecular flexibility index (Phi) is 3.11. The van der Waals surface area contributed by atoms with Gasteiger partial charge in [0.15, 0.2) is 0 Å². The summed E-state index contributed by atoms with van der Waals surface area (Å²) in [5.74, 6) is 0.943. The van der Waals surface area contributed by atoms with E-state index < -0.39 is 10.0 Å². The van der Waals surface area contributed by atoms with Crippen LogP contribution in [0.4, 0.5) is 0 Å². The van der Waals surface area contributed by atoms with E-state index in [4.69, 9.17) is 5.73 Å². The summed E-state index contributed by atoms with van der Waals surface area (Å²) in [6.07, 6.45) is 1.04. The summed E-state index contributed by atoms with van der Waals surface area (Å²) in [4.78, 5) is 0.359. The second kappa shape index (κ2) is 4.21. The van der Waals surface area contributed by atoms with Crippen LogP contribution in [0.2, 0.25) is 0 Å². The summed E-state index contributed by atoms with van der Waals surface area (Å²) in [6, 6.07) is 1.61. The van der Waals surface area contributed by atoms with Crippen molar-refractivity contribution in [2.45, 2.75) is 11.3 Å². The smallest absolute Gasteiger partial charge is 0.241 e. The van der Waals surface area contributed by atoms with Crippen molar-refractivity contribution >= 4 is 21.4 Å². The van der Waals surface area contributed by atoms with Gasteiger partial charge in [0, 0.05) is 11.9 Å². The van der Waals surface area contributed by atoms with Crippen LogP contribution in [-0.4, -0.2) is 21.5 Å². The highest BCUT2D eigenvalue weighted by Crippen LogP contribution is 2.36. The zero-order valence-corrected chi connectivity index (χ0v) is 9.85. The van der Waals surface area contributed by atoms with E-state index in [2.05, 4.69) is 4.72 Å². The van der Waals surface area contributed by atoms with Crippen molar-refractivity contribution in [3.8, 4) is 0 Å². The molecule has 1 saturated carbocycles. The highest BCUT2D eigenvalue weighted by molar-refractivity contribution is 7.89. The lowest BCUT2D eigenvalue weighted by molar-refractivity contribution is 0.573. The molecule has 2 atom stereocenters.